The molecule has 0 aromatic carbocycles. The van der Waals surface area contributed by atoms with Crippen LogP contribution in [0.4, 0.5) is 5.82 Å². The van der Waals surface area contributed by atoms with Crippen LogP contribution in [0.3, 0.4) is 0 Å². The Morgan fingerprint density at radius 2 is 2.31 bits per heavy atom. The molecule has 0 aliphatic heterocycles. The van der Waals surface area contributed by atoms with Gasteiger partial charge in [-0.3, -0.25) is 4.79 Å². The van der Waals surface area contributed by atoms with E-state index in [1.807, 2.05) is 19.9 Å². The molecule has 1 atom stereocenters. The Bertz CT molecular complexity index is 340. The molecule has 16 heavy (non-hydrogen) atoms. The van der Waals surface area contributed by atoms with E-state index >= 15 is 0 Å². The van der Waals surface area contributed by atoms with Gasteiger partial charge in [0.05, 0.1) is 0 Å². The lowest BCUT2D eigenvalue weighted by Crippen LogP contribution is -2.30. The van der Waals surface area contributed by atoms with Crippen LogP contribution >= 0.6 is 15.9 Å². The monoisotopic (exact) mass is 285 g/mol. The summed E-state index contributed by atoms with van der Waals surface area (Å²) < 4.78 is 0.895. The first-order chi connectivity index (χ1) is 7.63. The minimum atomic E-state index is -0.0644. The molecule has 2 N–H and O–H groups in total. The first-order valence-electron chi connectivity index (χ1n) is 5.26. The Hall–Kier alpha value is -0.940. The van der Waals surface area contributed by atoms with Crippen molar-refractivity contribution in [2.24, 2.45) is 5.92 Å². The van der Waals surface area contributed by atoms with Crippen molar-refractivity contribution in [3.8, 4) is 0 Å². The lowest BCUT2D eigenvalue weighted by molar-refractivity contribution is -0.119. The van der Waals surface area contributed by atoms with Crippen molar-refractivity contribution < 1.29 is 4.79 Å². The fourth-order valence-corrected chi connectivity index (χ4v) is 1.39. The van der Waals surface area contributed by atoms with Gasteiger partial charge in [-0.05, 0) is 34.6 Å². The first kappa shape index (κ1) is 13.1. The molecule has 1 heterocycles. The summed E-state index contributed by atoms with van der Waals surface area (Å²) >= 11 is 3.29. The molecule has 1 unspecified atom stereocenters. The number of hydrogen-bond acceptors (Lipinski definition) is 3. The van der Waals surface area contributed by atoms with E-state index in [1.165, 1.54) is 0 Å². The van der Waals surface area contributed by atoms with Crippen LogP contribution in [-0.2, 0) is 4.79 Å². The van der Waals surface area contributed by atoms with Crippen LogP contribution in [0, 0.1) is 5.92 Å². The maximum atomic E-state index is 11.7. The van der Waals surface area contributed by atoms with Gasteiger partial charge in [0.15, 0.2) is 0 Å². The van der Waals surface area contributed by atoms with Crippen molar-refractivity contribution >= 4 is 27.7 Å². The zero-order chi connectivity index (χ0) is 12.0. The molecule has 0 saturated heterocycles. The summed E-state index contributed by atoms with van der Waals surface area (Å²) in [6, 6.07) is 3.61. The zero-order valence-electron chi connectivity index (χ0n) is 9.46. The van der Waals surface area contributed by atoms with Gasteiger partial charge in [0.25, 0.3) is 0 Å². The SMILES string of the molecule is CCNCC(C)C(=O)Nc1ccc(Br)cn1. The number of nitrogens with one attached hydrogen (secondary N) is 2. The van der Waals surface area contributed by atoms with Crippen LogP contribution in [-0.4, -0.2) is 24.0 Å². The van der Waals surface area contributed by atoms with Gasteiger partial charge in [0.1, 0.15) is 5.82 Å². The Morgan fingerprint density at radius 1 is 1.56 bits per heavy atom. The number of aromatic nitrogens is 1. The molecule has 0 radical (unpaired) electrons. The largest absolute Gasteiger partial charge is 0.316 e. The van der Waals surface area contributed by atoms with Gasteiger partial charge in [-0.1, -0.05) is 13.8 Å². The second-order valence-corrected chi connectivity index (χ2v) is 4.48. The van der Waals surface area contributed by atoms with E-state index in [0.717, 1.165) is 11.0 Å². The molecule has 0 saturated carbocycles. The molecule has 88 valence electrons. The first-order valence-corrected chi connectivity index (χ1v) is 6.06. The second-order valence-electron chi connectivity index (χ2n) is 3.56. The van der Waals surface area contributed by atoms with Crippen molar-refractivity contribution in [3.05, 3.63) is 22.8 Å². The van der Waals surface area contributed by atoms with Gasteiger partial charge < -0.3 is 10.6 Å². The van der Waals surface area contributed by atoms with Gasteiger partial charge in [0.2, 0.25) is 5.91 Å². The van der Waals surface area contributed by atoms with Crippen LogP contribution in [0.1, 0.15) is 13.8 Å². The predicted molar refractivity (Wildman–Crippen MR) is 68.3 cm³/mol. The van der Waals surface area contributed by atoms with Crippen molar-refractivity contribution in [2.75, 3.05) is 18.4 Å². The fourth-order valence-electron chi connectivity index (χ4n) is 1.15. The van der Waals surface area contributed by atoms with E-state index in [9.17, 15) is 4.79 Å². The van der Waals surface area contributed by atoms with Gasteiger partial charge in [-0.2, -0.15) is 0 Å². The molecule has 0 aliphatic carbocycles. The molecule has 1 aromatic heterocycles. The van der Waals surface area contributed by atoms with Crippen molar-refractivity contribution in [1.82, 2.24) is 10.3 Å². The van der Waals surface area contributed by atoms with E-state index in [2.05, 4.69) is 31.5 Å². The smallest absolute Gasteiger partial charge is 0.229 e. The van der Waals surface area contributed by atoms with Crippen LogP contribution in [0.2, 0.25) is 0 Å². The minimum absolute atomic E-state index is 0.0178. The number of halogens is 1. The van der Waals surface area contributed by atoms with E-state index < -0.39 is 0 Å². The van der Waals surface area contributed by atoms with E-state index in [1.54, 1.807) is 12.3 Å². The lowest BCUT2D eigenvalue weighted by Gasteiger charge is -2.11. The lowest BCUT2D eigenvalue weighted by atomic mass is 10.1. The predicted octanol–water partition coefficient (Wildman–Crippen LogP) is 2.03. The van der Waals surface area contributed by atoms with Gasteiger partial charge in [-0.15, -0.1) is 0 Å². The van der Waals surface area contributed by atoms with Crippen LogP contribution in [0.25, 0.3) is 0 Å². The zero-order valence-corrected chi connectivity index (χ0v) is 11.0. The van der Waals surface area contributed by atoms with E-state index in [0.29, 0.717) is 12.4 Å². The summed E-state index contributed by atoms with van der Waals surface area (Å²) in [6.45, 7) is 5.45. The third-order valence-corrected chi connectivity index (χ3v) is 2.60. The number of carbonyl (C=O) groups is 1. The average Bonchev–Trinajstić information content (AvgIpc) is 2.29. The summed E-state index contributed by atoms with van der Waals surface area (Å²) in [5.41, 5.74) is 0. The fraction of sp³-hybridized carbons (Fsp3) is 0.455. The molecule has 1 aromatic rings. The molecule has 4 nitrogen and oxygen atoms in total. The molecule has 1 rings (SSSR count). The maximum absolute atomic E-state index is 11.7. The average molecular weight is 286 g/mol. The van der Waals surface area contributed by atoms with E-state index in [4.69, 9.17) is 0 Å². The summed E-state index contributed by atoms with van der Waals surface area (Å²) in [6.07, 6.45) is 1.66. The normalized spacial score (nSPS) is 12.2. The van der Waals surface area contributed by atoms with Crippen LogP contribution in [0.5, 0.6) is 0 Å². The van der Waals surface area contributed by atoms with Gasteiger partial charge >= 0.3 is 0 Å². The van der Waals surface area contributed by atoms with Crippen molar-refractivity contribution in [1.29, 1.82) is 0 Å². The van der Waals surface area contributed by atoms with Gasteiger partial charge in [-0.25, -0.2) is 4.98 Å². The molecular formula is C11H16BrN3O. The summed E-state index contributed by atoms with van der Waals surface area (Å²) in [4.78, 5) is 15.8. The number of amides is 1. The number of pyridine rings is 1. The van der Waals surface area contributed by atoms with Gasteiger partial charge in [0, 0.05) is 23.1 Å². The quantitative estimate of drug-likeness (QED) is 0.870. The molecule has 0 aliphatic rings. The minimum Gasteiger partial charge on any atom is -0.316 e. The topological polar surface area (TPSA) is 54.0 Å². The van der Waals surface area contributed by atoms with Crippen molar-refractivity contribution in [3.63, 3.8) is 0 Å². The van der Waals surface area contributed by atoms with E-state index in [-0.39, 0.29) is 11.8 Å². The maximum Gasteiger partial charge on any atom is 0.229 e. The molecule has 0 spiro atoms. The Labute approximate surface area is 104 Å². The Morgan fingerprint density at radius 3 is 2.88 bits per heavy atom. The number of nitrogens with zero attached hydrogens (tertiary/aromatic N) is 1. The third-order valence-electron chi connectivity index (χ3n) is 2.13. The summed E-state index contributed by atoms with van der Waals surface area (Å²) in [7, 11) is 0. The molecule has 1 amide bonds. The highest BCUT2D eigenvalue weighted by atomic mass is 79.9. The van der Waals surface area contributed by atoms with Crippen LogP contribution in [0.15, 0.2) is 22.8 Å². The molecule has 0 fully saturated rings. The van der Waals surface area contributed by atoms with Crippen LogP contribution < -0.4 is 10.6 Å². The standard InChI is InChI=1S/C11H16BrN3O/c1-3-13-6-8(2)11(16)15-10-5-4-9(12)7-14-10/h4-5,7-8,13H,3,6H2,1-2H3,(H,14,15,16). The Balaban J connectivity index is 2.47. The molecule has 5 heteroatoms. The Kier molecular flexibility index (Phi) is 5.42. The highest BCUT2D eigenvalue weighted by molar-refractivity contribution is 9.10. The summed E-state index contributed by atoms with van der Waals surface area (Å²) in [5.74, 6) is 0.498. The molecule has 0 bridgehead atoms. The number of carbonyl (C=O) groups excluding carboxylic acids is 1. The highest BCUT2D eigenvalue weighted by Crippen LogP contribution is 2.11. The summed E-state index contributed by atoms with van der Waals surface area (Å²) in [5, 5.41) is 5.90. The number of anilines is 1. The highest BCUT2D eigenvalue weighted by Gasteiger charge is 2.12. The van der Waals surface area contributed by atoms with Crippen molar-refractivity contribution in [2.45, 2.75) is 13.8 Å². The second kappa shape index (κ2) is 6.60. The number of hydrogen-bond donors (Lipinski definition) is 2. The third kappa shape index (κ3) is 4.28. The molecular weight excluding hydrogens is 270 g/mol. The number of rotatable bonds is 5.